The van der Waals surface area contributed by atoms with Gasteiger partial charge in [-0.3, -0.25) is 4.55 Å². The molecule has 78 valence electrons. The molecule has 1 aromatic carbocycles. The summed E-state index contributed by atoms with van der Waals surface area (Å²) in [5, 5.41) is 0. The average molecular weight is 226 g/mol. The topological polar surface area (TPSA) is 54.4 Å². The second-order valence-corrected chi connectivity index (χ2v) is 3.97. The van der Waals surface area contributed by atoms with Crippen LogP contribution >= 0.6 is 0 Å². The zero-order chi connectivity index (χ0) is 11.1. The predicted molar refractivity (Wildman–Crippen MR) is 40.9 cm³/mol. The number of rotatable bonds is 1. The molecule has 0 saturated heterocycles. The van der Waals surface area contributed by atoms with E-state index in [4.69, 9.17) is 4.55 Å². The number of halogens is 3. The van der Waals surface area contributed by atoms with Crippen LogP contribution in [0.25, 0.3) is 0 Å². The second-order valence-electron chi connectivity index (χ2n) is 2.58. The van der Waals surface area contributed by atoms with E-state index >= 15 is 0 Å². The quantitative estimate of drug-likeness (QED) is 0.585. The fourth-order valence-corrected chi connectivity index (χ4v) is 1.42. The molecule has 0 heterocycles. The van der Waals surface area contributed by atoms with Gasteiger partial charge in [0, 0.05) is 5.56 Å². The van der Waals surface area contributed by atoms with E-state index in [0.717, 1.165) is 6.92 Å². The lowest BCUT2D eigenvalue weighted by atomic mass is 10.2. The second kappa shape index (κ2) is 3.25. The summed E-state index contributed by atoms with van der Waals surface area (Å²) < 4.78 is 67.7. The fraction of sp³-hybridized carbons (Fsp3) is 0.143. The number of hydrogen-bond acceptors (Lipinski definition) is 2. The van der Waals surface area contributed by atoms with Gasteiger partial charge in [-0.15, -0.1) is 0 Å². The minimum absolute atomic E-state index is 0.225. The van der Waals surface area contributed by atoms with Crippen LogP contribution in [0.15, 0.2) is 11.0 Å². The van der Waals surface area contributed by atoms with Crippen molar-refractivity contribution >= 4 is 10.1 Å². The summed E-state index contributed by atoms with van der Waals surface area (Å²) in [6.07, 6.45) is 0. The lowest BCUT2D eigenvalue weighted by molar-refractivity contribution is 0.441. The van der Waals surface area contributed by atoms with Gasteiger partial charge in [0.1, 0.15) is 10.7 Å². The summed E-state index contributed by atoms with van der Waals surface area (Å²) in [7, 11) is -4.95. The third-order valence-electron chi connectivity index (χ3n) is 1.63. The molecule has 1 rings (SSSR count). The van der Waals surface area contributed by atoms with Gasteiger partial charge in [-0.25, -0.2) is 13.2 Å². The van der Waals surface area contributed by atoms with Gasteiger partial charge in [-0.05, 0) is 13.0 Å². The first-order valence-electron chi connectivity index (χ1n) is 3.36. The molecule has 1 N–H and O–H groups in total. The van der Waals surface area contributed by atoms with Crippen LogP contribution in [0.3, 0.4) is 0 Å². The van der Waals surface area contributed by atoms with E-state index in [1.807, 2.05) is 0 Å². The molecule has 7 heteroatoms. The molecule has 0 saturated carbocycles. The van der Waals surface area contributed by atoms with Crippen LogP contribution in [-0.2, 0) is 10.1 Å². The molecule has 0 atom stereocenters. The first-order valence-corrected chi connectivity index (χ1v) is 4.80. The van der Waals surface area contributed by atoms with Crippen LogP contribution in [0, 0.1) is 24.4 Å². The SMILES string of the molecule is Cc1c(F)cc(S(=O)(=O)O)c(F)c1F. The van der Waals surface area contributed by atoms with Crippen molar-refractivity contribution in [1.29, 1.82) is 0 Å². The summed E-state index contributed by atoms with van der Waals surface area (Å²) in [4.78, 5) is -1.40. The Kier molecular flexibility index (Phi) is 2.55. The molecule has 0 fully saturated rings. The number of benzene rings is 1. The molecule has 0 radical (unpaired) electrons. The zero-order valence-electron chi connectivity index (χ0n) is 6.88. The van der Waals surface area contributed by atoms with E-state index in [1.54, 1.807) is 0 Å². The normalized spacial score (nSPS) is 11.8. The predicted octanol–water partition coefficient (Wildman–Crippen LogP) is 1.66. The fourth-order valence-electron chi connectivity index (χ4n) is 0.852. The van der Waals surface area contributed by atoms with Crippen molar-refractivity contribution in [3.05, 3.63) is 29.1 Å². The Morgan fingerprint density at radius 1 is 1.21 bits per heavy atom. The Hall–Kier alpha value is -1.08. The van der Waals surface area contributed by atoms with E-state index in [1.165, 1.54) is 0 Å². The van der Waals surface area contributed by atoms with Gasteiger partial charge in [0.25, 0.3) is 10.1 Å². The third kappa shape index (κ3) is 1.73. The first-order chi connectivity index (χ1) is 6.25. The van der Waals surface area contributed by atoms with Gasteiger partial charge in [-0.2, -0.15) is 8.42 Å². The molecule has 3 nitrogen and oxygen atoms in total. The monoisotopic (exact) mass is 226 g/mol. The van der Waals surface area contributed by atoms with E-state index < -0.39 is 38.0 Å². The van der Waals surface area contributed by atoms with Crippen molar-refractivity contribution in [3.63, 3.8) is 0 Å². The Morgan fingerprint density at radius 2 is 1.71 bits per heavy atom. The van der Waals surface area contributed by atoms with Crippen molar-refractivity contribution in [2.45, 2.75) is 11.8 Å². The summed E-state index contributed by atoms with van der Waals surface area (Å²) in [5.74, 6) is -4.65. The highest BCUT2D eigenvalue weighted by atomic mass is 32.2. The first kappa shape index (κ1) is 11.0. The van der Waals surface area contributed by atoms with Gasteiger partial charge in [-0.1, -0.05) is 0 Å². The maximum atomic E-state index is 12.9. The van der Waals surface area contributed by atoms with Crippen LogP contribution in [0.4, 0.5) is 13.2 Å². The van der Waals surface area contributed by atoms with Crippen molar-refractivity contribution in [2.75, 3.05) is 0 Å². The summed E-state index contributed by atoms with van der Waals surface area (Å²) >= 11 is 0. The number of hydrogen-bond donors (Lipinski definition) is 1. The van der Waals surface area contributed by atoms with Gasteiger partial charge in [0.2, 0.25) is 0 Å². The van der Waals surface area contributed by atoms with Gasteiger partial charge >= 0.3 is 0 Å². The molecule has 14 heavy (non-hydrogen) atoms. The third-order valence-corrected chi connectivity index (χ3v) is 2.49. The van der Waals surface area contributed by atoms with Crippen molar-refractivity contribution in [1.82, 2.24) is 0 Å². The van der Waals surface area contributed by atoms with Crippen LogP contribution in [-0.4, -0.2) is 13.0 Å². The van der Waals surface area contributed by atoms with E-state index in [-0.39, 0.29) is 6.07 Å². The van der Waals surface area contributed by atoms with E-state index in [9.17, 15) is 21.6 Å². The Balaban J connectivity index is 3.66. The summed E-state index contributed by atoms with van der Waals surface area (Å²) in [6.45, 7) is 0.946. The Morgan fingerprint density at radius 3 is 2.14 bits per heavy atom. The van der Waals surface area contributed by atoms with E-state index in [0.29, 0.717) is 0 Å². The van der Waals surface area contributed by atoms with Gasteiger partial charge < -0.3 is 0 Å². The van der Waals surface area contributed by atoms with Crippen LogP contribution in [0.2, 0.25) is 0 Å². The minimum atomic E-state index is -4.95. The smallest absolute Gasteiger partial charge is 0.282 e. The maximum Gasteiger partial charge on any atom is 0.297 e. The molecular formula is C7H5F3O3S. The molecule has 0 amide bonds. The van der Waals surface area contributed by atoms with Crippen molar-refractivity contribution in [3.8, 4) is 0 Å². The lowest BCUT2D eigenvalue weighted by Gasteiger charge is -2.04. The van der Waals surface area contributed by atoms with Crippen molar-refractivity contribution in [2.24, 2.45) is 0 Å². The maximum absolute atomic E-state index is 12.9. The van der Waals surface area contributed by atoms with Gasteiger partial charge in [0.05, 0.1) is 0 Å². The Bertz CT molecular complexity index is 481. The minimum Gasteiger partial charge on any atom is -0.282 e. The highest BCUT2D eigenvalue weighted by Crippen LogP contribution is 2.22. The Labute approximate surface area is 77.9 Å². The molecule has 0 aromatic heterocycles. The summed E-state index contributed by atoms with van der Waals surface area (Å²) in [5.41, 5.74) is -0.644. The zero-order valence-corrected chi connectivity index (χ0v) is 7.70. The highest BCUT2D eigenvalue weighted by Gasteiger charge is 2.23. The molecule has 0 bridgehead atoms. The molecule has 0 aliphatic carbocycles. The van der Waals surface area contributed by atoms with Crippen LogP contribution < -0.4 is 0 Å². The largest absolute Gasteiger partial charge is 0.297 e. The molecule has 0 aliphatic heterocycles. The van der Waals surface area contributed by atoms with Gasteiger partial charge in [0.15, 0.2) is 11.6 Å². The lowest BCUT2D eigenvalue weighted by Crippen LogP contribution is -2.06. The standard InChI is InChI=1S/C7H5F3O3S/c1-3-4(8)2-5(14(11,12)13)7(10)6(3)9/h2H,1H3,(H,11,12,13). The summed E-state index contributed by atoms with van der Waals surface area (Å²) in [6, 6.07) is 0.225. The molecule has 1 aromatic rings. The highest BCUT2D eigenvalue weighted by molar-refractivity contribution is 7.85. The van der Waals surface area contributed by atoms with Crippen LogP contribution in [0.1, 0.15) is 5.56 Å². The average Bonchev–Trinajstić information content (AvgIpc) is 2.06. The molecule has 0 unspecified atom stereocenters. The van der Waals surface area contributed by atoms with Crippen molar-refractivity contribution < 1.29 is 26.1 Å². The molecule has 0 aliphatic rings. The van der Waals surface area contributed by atoms with Crippen LogP contribution in [0.5, 0.6) is 0 Å². The van der Waals surface area contributed by atoms with E-state index in [2.05, 4.69) is 0 Å². The molecule has 0 spiro atoms. The molecular weight excluding hydrogens is 221 g/mol.